The van der Waals surface area contributed by atoms with Crippen LogP contribution in [-0.4, -0.2) is 16.8 Å². The highest BCUT2D eigenvalue weighted by atomic mass is 32.2. The summed E-state index contributed by atoms with van der Waals surface area (Å²) in [5, 5.41) is 0.453. The molecule has 0 aliphatic heterocycles. The third-order valence-electron chi connectivity index (χ3n) is 0.746. The summed E-state index contributed by atoms with van der Waals surface area (Å²) in [6.07, 6.45) is -0.708. The maximum absolute atomic E-state index is 10.2. The van der Waals surface area contributed by atoms with Gasteiger partial charge in [0, 0.05) is 5.25 Å². The van der Waals surface area contributed by atoms with Crippen LogP contribution in [0.1, 0.15) is 20.8 Å². The number of hydrogen-bond acceptors (Lipinski definition) is 3. The summed E-state index contributed by atoms with van der Waals surface area (Å²) in [6, 6.07) is 0. The molecule has 1 unspecified atom stereocenters. The molecule has 60 valence electrons. The molecule has 0 heterocycles. The molecule has 1 amide bonds. The number of amides is 1. The molecule has 0 rings (SSSR count). The van der Waals surface area contributed by atoms with Crippen LogP contribution in [0.2, 0.25) is 0 Å². The predicted molar refractivity (Wildman–Crippen MR) is 42.9 cm³/mol. The molecule has 10 heavy (non-hydrogen) atoms. The maximum atomic E-state index is 10.2. The van der Waals surface area contributed by atoms with Gasteiger partial charge in [-0.15, -0.1) is 11.8 Å². The minimum absolute atomic E-state index is 0.141. The third-order valence-corrected chi connectivity index (χ3v) is 1.77. The Balaban J connectivity index is 3.43. The van der Waals surface area contributed by atoms with Gasteiger partial charge in [0.1, 0.15) is 5.44 Å². The Morgan fingerprint density at radius 1 is 1.50 bits per heavy atom. The van der Waals surface area contributed by atoms with E-state index in [1.54, 1.807) is 18.7 Å². The number of nitrogens with two attached hydrogens (primary N) is 1. The monoisotopic (exact) mass is 163 g/mol. The summed E-state index contributed by atoms with van der Waals surface area (Å²) in [7, 11) is 0. The van der Waals surface area contributed by atoms with Crippen LogP contribution in [0.15, 0.2) is 0 Å². The van der Waals surface area contributed by atoms with Crippen molar-refractivity contribution in [3.8, 4) is 0 Å². The lowest BCUT2D eigenvalue weighted by atomic mass is 10.6. The molecule has 0 bridgehead atoms. The average Bonchev–Trinajstić information content (AvgIpc) is 1.58. The molecule has 0 aliphatic carbocycles. The van der Waals surface area contributed by atoms with E-state index in [9.17, 15) is 4.79 Å². The SMILES string of the molecule is CC(C)SC(C)OC(N)=O. The van der Waals surface area contributed by atoms with E-state index in [4.69, 9.17) is 5.73 Å². The highest BCUT2D eigenvalue weighted by Crippen LogP contribution is 2.16. The molecule has 0 aliphatic rings. The first-order valence-corrected chi connectivity index (χ1v) is 4.08. The number of primary amides is 1. The molecule has 2 N–H and O–H groups in total. The Bertz CT molecular complexity index is 116. The quantitative estimate of drug-likeness (QED) is 0.642. The minimum atomic E-state index is -0.708. The van der Waals surface area contributed by atoms with Gasteiger partial charge in [-0.2, -0.15) is 0 Å². The number of carbonyl (C=O) groups excluding carboxylic acids is 1. The van der Waals surface area contributed by atoms with Crippen LogP contribution in [0.4, 0.5) is 4.79 Å². The van der Waals surface area contributed by atoms with E-state index >= 15 is 0 Å². The van der Waals surface area contributed by atoms with Crippen molar-refractivity contribution in [2.45, 2.75) is 31.5 Å². The summed E-state index contributed by atoms with van der Waals surface area (Å²) in [6.45, 7) is 5.87. The summed E-state index contributed by atoms with van der Waals surface area (Å²) in [5.74, 6) is 0. The number of thioether (sulfide) groups is 1. The number of rotatable bonds is 3. The molecule has 0 aromatic rings. The van der Waals surface area contributed by atoms with Gasteiger partial charge >= 0.3 is 6.09 Å². The zero-order valence-corrected chi connectivity index (χ0v) is 7.27. The van der Waals surface area contributed by atoms with Crippen LogP contribution in [0.3, 0.4) is 0 Å². The zero-order valence-electron chi connectivity index (χ0n) is 6.46. The molecule has 3 nitrogen and oxygen atoms in total. The number of hydrogen-bond donors (Lipinski definition) is 1. The molecule has 0 saturated heterocycles. The van der Waals surface area contributed by atoms with Gasteiger partial charge in [-0.05, 0) is 6.92 Å². The summed E-state index contributed by atoms with van der Waals surface area (Å²) < 4.78 is 4.66. The summed E-state index contributed by atoms with van der Waals surface area (Å²) in [5.41, 5.74) is 4.65. The average molecular weight is 163 g/mol. The lowest BCUT2D eigenvalue weighted by Crippen LogP contribution is -2.19. The largest absolute Gasteiger partial charge is 0.436 e. The van der Waals surface area contributed by atoms with Crippen molar-refractivity contribution < 1.29 is 9.53 Å². The number of ether oxygens (including phenoxy) is 1. The van der Waals surface area contributed by atoms with E-state index in [2.05, 4.69) is 4.74 Å². The number of carbonyl (C=O) groups is 1. The van der Waals surface area contributed by atoms with E-state index in [1.165, 1.54) is 0 Å². The van der Waals surface area contributed by atoms with Crippen LogP contribution < -0.4 is 5.73 Å². The van der Waals surface area contributed by atoms with Crippen LogP contribution in [0.5, 0.6) is 0 Å². The van der Waals surface area contributed by atoms with Crippen LogP contribution in [-0.2, 0) is 4.74 Å². The molecule has 0 saturated carbocycles. The van der Waals surface area contributed by atoms with Crippen LogP contribution in [0.25, 0.3) is 0 Å². The van der Waals surface area contributed by atoms with Gasteiger partial charge in [0.15, 0.2) is 0 Å². The second-order valence-electron chi connectivity index (χ2n) is 2.19. The second kappa shape index (κ2) is 4.44. The normalized spacial score (nSPS) is 13.2. The van der Waals surface area contributed by atoms with E-state index in [1.807, 2.05) is 13.8 Å². The Hall–Kier alpha value is -0.380. The van der Waals surface area contributed by atoms with Gasteiger partial charge in [0.25, 0.3) is 0 Å². The molecule has 0 aromatic carbocycles. The summed E-state index contributed by atoms with van der Waals surface area (Å²) in [4.78, 5) is 10.2. The molecule has 0 radical (unpaired) electrons. The highest BCUT2D eigenvalue weighted by Gasteiger charge is 2.07. The third kappa shape index (κ3) is 5.75. The molecule has 0 spiro atoms. The molecule has 0 fully saturated rings. The van der Waals surface area contributed by atoms with Crippen molar-refractivity contribution in [2.24, 2.45) is 5.73 Å². The Morgan fingerprint density at radius 3 is 2.30 bits per heavy atom. The van der Waals surface area contributed by atoms with Gasteiger partial charge in [-0.3, -0.25) is 0 Å². The maximum Gasteiger partial charge on any atom is 0.405 e. The topological polar surface area (TPSA) is 52.3 Å². The first-order chi connectivity index (χ1) is 4.52. The van der Waals surface area contributed by atoms with Crippen LogP contribution in [0, 0.1) is 0 Å². The van der Waals surface area contributed by atoms with E-state index in [-0.39, 0.29) is 5.44 Å². The summed E-state index contributed by atoms with van der Waals surface area (Å²) >= 11 is 1.56. The fraction of sp³-hybridized carbons (Fsp3) is 0.833. The first-order valence-electron chi connectivity index (χ1n) is 3.14. The molecule has 1 atom stereocenters. The molecule has 4 heteroatoms. The Kier molecular flexibility index (Phi) is 4.27. The van der Waals surface area contributed by atoms with Gasteiger partial charge in [0.05, 0.1) is 0 Å². The van der Waals surface area contributed by atoms with Crippen molar-refractivity contribution in [1.29, 1.82) is 0 Å². The standard InChI is InChI=1S/C6H13NO2S/c1-4(2)10-5(3)9-6(7)8/h4-5H,1-3H3,(H2,7,8). The van der Waals surface area contributed by atoms with E-state index < -0.39 is 6.09 Å². The smallest absolute Gasteiger partial charge is 0.405 e. The highest BCUT2D eigenvalue weighted by molar-refractivity contribution is 8.00. The van der Waals surface area contributed by atoms with E-state index in [0.717, 1.165) is 0 Å². The molecular weight excluding hydrogens is 150 g/mol. The van der Waals surface area contributed by atoms with Crippen molar-refractivity contribution >= 4 is 17.9 Å². The van der Waals surface area contributed by atoms with Crippen LogP contribution >= 0.6 is 11.8 Å². The fourth-order valence-electron chi connectivity index (χ4n) is 0.575. The van der Waals surface area contributed by atoms with Crippen molar-refractivity contribution in [3.05, 3.63) is 0 Å². The van der Waals surface area contributed by atoms with Gasteiger partial charge < -0.3 is 10.5 Å². The lowest BCUT2D eigenvalue weighted by molar-refractivity contribution is 0.152. The minimum Gasteiger partial charge on any atom is -0.436 e. The lowest BCUT2D eigenvalue weighted by Gasteiger charge is -2.12. The molecule has 0 aromatic heterocycles. The van der Waals surface area contributed by atoms with Gasteiger partial charge in [0.2, 0.25) is 0 Å². The van der Waals surface area contributed by atoms with Gasteiger partial charge in [-0.25, -0.2) is 4.79 Å². The zero-order chi connectivity index (χ0) is 8.15. The Morgan fingerprint density at radius 2 is 2.00 bits per heavy atom. The van der Waals surface area contributed by atoms with Crippen molar-refractivity contribution in [2.75, 3.05) is 0 Å². The predicted octanol–water partition coefficient (Wildman–Crippen LogP) is 1.57. The second-order valence-corrected chi connectivity index (χ2v) is 4.07. The van der Waals surface area contributed by atoms with Crippen molar-refractivity contribution in [3.63, 3.8) is 0 Å². The van der Waals surface area contributed by atoms with Crippen molar-refractivity contribution in [1.82, 2.24) is 0 Å². The first kappa shape index (κ1) is 9.62. The van der Waals surface area contributed by atoms with Gasteiger partial charge in [-0.1, -0.05) is 13.8 Å². The Labute approximate surface area is 65.3 Å². The molecular formula is C6H13NO2S. The fourth-order valence-corrected chi connectivity index (χ4v) is 1.49. The van der Waals surface area contributed by atoms with E-state index in [0.29, 0.717) is 5.25 Å².